The third kappa shape index (κ3) is 10.2. The van der Waals surface area contributed by atoms with Crippen LogP contribution in [-0.4, -0.2) is 65.5 Å². The minimum absolute atomic E-state index is 0.0299. The first-order valence-corrected chi connectivity index (χ1v) is 11.9. The van der Waals surface area contributed by atoms with Gasteiger partial charge in [-0.2, -0.15) is 0 Å². The molecule has 0 saturated carbocycles. The number of carbonyl (C=O) groups is 3. The number of likely N-dealkylation sites (tertiary alicyclic amines) is 1. The molecule has 1 aromatic carbocycles. The Balaban J connectivity index is 0.000000332. The van der Waals surface area contributed by atoms with Gasteiger partial charge in [-0.3, -0.25) is 19.4 Å². The molecule has 2 aromatic rings. The number of aliphatic hydroxyl groups excluding tert-OH is 1. The minimum Gasteiger partial charge on any atom is -0.391 e. The van der Waals surface area contributed by atoms with Crippen molar-refractivity contribution in [2.45, 2.75) is 58.2 Å². The number of pyridine rings is 1. The highest BCUT2D eigenvalue weighted by molar-refractivity contribution is 5.83. The van der Waals surface area contributed by atoms with Crippen molar-refractivity contribution < 1.29 is 19.5 Å². The lowest BCUT2D eigenvalue weighted by Gasteiger charge is -2.19. The molecular formula is C26H39N5O4. The Morgan fingerprint density at radius 2 is 1.89 bits per heavy atom. The number of β-amino-alcohol motifs (C(OH)–C–C–N with tert-alkyl or cyclic N) is 1. The van der Waals surface area contributed by atoms with Gasteiger partial charge in [-0.25, -0.2) is 0 Å². The van der Waals surface area contributed by atoms with Crippen molar-refractivity contribution in [3.05, 3.63) is 65.5 Å². The van der Waals surface area contributed by atoms with Gasteiger partial charge < -0.3 is 26.4 Å². The van der Waals surface area contributed by atoms with Gasteiger partial charge >= 0.3 is 0 Å². The molecule has 3 atom stereocenters. The summed E-state index contributed by atoms with van der Waals surface area (Å²) in [4.78, 5) is 39.3. The number of nitrogens with one attached hydrogen (secondary N) is 2. The molecule has 9 heteroatoms. The average molecular weight is 486 g/mol. The smallest absolute Gasteiger partial charge is 0.242 e. The van der Waals surface area contributed by atoms with E-state index < -0.39 is 6.04 Å². The number of aromatic nitrogens is 1. The zero-order valence-corrected chi connectivity index (χ0v) is 21.1. The molecule has 0 bridgehead atoms. The Hall–Kier alpha value is -3.30. The van der Waals surface area contributed by atoms with Crippen molar-refractivity contribution in [3.63, 3.8) is 0 Å². The second-order valence-corrected chi connectivity index (χ2v) is 7.96. The van der Waals surface area contributed by atoms with E-state index in [4.69, 9.17) is 5.73 Å². The first-order chi connectivity index (χ1) is 16.8. The lowest BCUT2D eigenvalue weighted by Crippen LogP contribution is -2.43. The Labute approximate surface area is 208 Å². The largest absolute Gasteiger partial charge is 0.391 e. The van der Waals surface area contributed by atoms with Crippen LogP contribution in [0.3, 0.4) is 0 Å². The van der Waals surface area contributed by atoms with E-state index in [1.165, 1.54) is 7.05 Å². The maximum absolute atomic E-state index is 12.0. The number of aryl methyl sites for hydroxylation is 1. The second-order valence-electron chi connectivity index (χ2n) is 7.96. The van der Waals surface area contributed by atoms with Gasteiger partial charge in [-0.15, -0.1) is 0 Å². The maximum atomic E-state index is 12.0. The lowest BCUT2D eigenvalue weighted by molar-refractivity contribution is -0.131. The second kappa shape index (κ2) is 16.3. The van der Waals surface area contributed by atoms with Crippen LogP contribution < -0.4 is 16.4 Å². The molecule has 0 radical (unpaired) electrons. The van der Waals surface area contributed by atoms with Crippen molar-refractivity contribution in [1.29, 1.82) is 0 Å². The normalized spacial score (nSPS) is 15.9. The zero-order valence-electron chi connectivity index (χ0n) is 21.1. The van der Waals surface area contributed by atoms with Crippen LogP contribution in [0.25, 0.3) is 0 Å². The number of aliphatic hydroxyl groups is 1. The fraction of sp³-hybridized carbons (Fsp3) is 0.462. The summed E-state index contributed by atoms with van der Waals surface area (Å²) in [6.45, 7) is 7.08. The van der Waals surface area contributed by atoms with E-state index in [9.17, 15) is 19.5 Å². The van der Waals surface area contributed by atoms with Crippen LogP contribution in [0.2, 0.25) is 0 Å². The van der Waals surface area contributed by atoms with Crippen LogP contribution in [0.1, 0.15) is 49.4 Å². The SMILES string of the molecule is CC.CNC(=O)[C@H](Cc1ccncc1)NC=O.Cc1ccccc1[C@@H](N)CC(=O)N1CCC(O)C1. The average Bonchev–Trinajstić information content (AvgIpc) is 3.32. The van der Waals surface area contributed by atoms with E-state index in [1.807, 2.05) is 57.2 Å². The minimum atomic E-state index is -0.533. The van der Waals surface area contributed by atoms with Gasteiger partial charge in [-0.05, 0) is 42.2 Å². The van der Waals surface area contributed by atoms with Crippen molar-refractivity contribution >= 4 is 18.2 Å². The molecule has 0 spiro atoms. The molecule has 35 heavy (non-hydrogen) atoms. The summed E-state index contributed by atoms with van der Waals surface area (Å²) in [7, 11) is 1.54. The van der Waals surface area contributed by atoms with E-state index >= 15 is 0 Å². The number of amides is 3. The van der Waals surface area contributed by atoms with Gasteiger partial charge in [0.2, 0.25) is 18.2 Å². The molecule has 2 heterocycles. The molecule has 5 N–H and O–H groups in total. The van der Waals surface area contributed by atoms with Gasteiger partial charge in [0.15, 0.2) is 0 Å². The number of hydrogen-bond donors (Lipinski definition) is 4. The van der Waals surface area contributed by atoms with Crippen LogP contribution in [0.4, 0.5) is 0 Å². The van der Waals surface area contributed by atoms with Gasteiger partial charge in [0.25, 0.3) is 0 Å². The van der Waals surface area contributed by atoms with Crippen LogP contribution in [0.5, 0.6) is 0 Å². The van der Waals surface area contributed by atoms with Crippen molar-refractivity contribution in [1.82, 2.24) is 20.5 Å². The molecule has 1 aromatic heterocycles. The Kier molecular flexibility index (Phi) is 13.9. The predicted molar refractivity (Wildman–Crippen MR) is 136 cm³/mol. The quantitative estimate of drug-likeness (QED) is 0.418. The third-order valence-corrected chi connectivity index (χ3v) is 5.52. The third-order valence-electron chi connectivity index (χ3n) is 5.52. The molecular weight excluding hydrogens is 446 g/mol. The molecule has 1 unspecified atom stereocenters. The summed E-state index contributed by atoms with van der Waals surface area (Å²) in [5, 5.41) is 14.4. The fourth-order valence-corrected chi connectivity index (χ4v) is 3.64. The number of hydrogen-bond acceptors (Lipinski definition) is 6. The molecule has 3 amide bonds. The summed E-state index contributed by atoms with van der Waals surface area (Å²) < 4.78 is 0. The fourth-order valence-electron chi connectivity index (χ4n) is 3.64. The van der Waals surface area contributed by atoms with Gasteiger partial charge in [-0.1, -0.05) is 38.1 Å². The van der Waals surface area contributed by atoms with E-state index in [-0.39, 0.29) is 24.0 Å². The van der Waals surface area contributed by atoms with Gasteiger partial charge in [0.05, 0.1) is 6.10 Å². The number of nitrogens with two attached hydrogens (primary N) is 1. The number of likely N-dealkylation sites (N-methyl/N-ethyl adjacent to an activating group) is 1. The Morgan fingerprint density at radius 3 is 2.43 bits per heavy atom. The summed E-state index contributed by atoms with van der Waals surface area (Å²) in [6.07, 6.45) is 4.89. The maximum Gasteiger partial charge on any atom is 0.242 e. The summed E-state index contributed by atoms with van der Waals surface area (Å²) in [6, 6.07) is 10.7. The van der Waals surface area contributed by atoms with E-state index in [0.29, 0.717) is 38.8 Å². The van der Waals surface area contributed by atoms with E-state index in [2.05, 4.69) is 15.6 Å². The number of benzene rings is 1. The summed E-state index contributed by atoms with van der Waals surface area (Å²) >= 11 is 0. The number of carbonyl (C=O) groups excluding carboxylic acids is 3. The highest BCUT2D eigenvalue weighted by Gasteiger charge is 2.26. The zero-order chi connectivity index (χ0) is 26.2. The van der Waals surface area contributed by atoms with Gasteiger partial charge in [0.1, 0.15) is 6.04 Å². The highest BCUT2D eigenvalue weighted by atomic mass is 16.3. The molecule has 1 aliphatic heterocycles. The summed E-state index contributed by atoms with van der Waals surface area (Å²) in [5.41, 5.74) is 9.17. The Morgan fingerprint density at radius 1 is 1.23 bits per heavy atom. The summed E-state index contributed by atoms with van der Waals surface area (Å²) in [5.74, 6) is -0.179. The van der Waals surface area contributed by atoms with E-state index in [0.717, 1.165) is 16.7 Å². The van der Waals surface area contributed by atoms with E-state index in [1.54, 1.807) is 17.3 Å². The standard InChI is InChI=1S/C14H20N2O2.C10H13N3O2.C2H6/c1-10-4-2-3-5-12(10)13(15)8-14(18)16-7-6-11(17)9-16;1-11-10(15)9(13-7-14)6-8-2-4-12-5-3-8;1-2/h2-5,11,13,17H,6-9,15H2,1H3;2-5,7,9H,6H2,1H3,(H,11,15)(H,13,14);1-2H3/t11?,13-;9-;/m00./s1. The Bertz CT molecular complexity index is 910. The van der Waals surface area contributed by atoms with Crippen LogP contribution >= 0.6 is 0 Å². The number of rotatable bonds is 8. The molecule has 192 valence electrons. The number of nitrogens with zero attached hydrogens (tertiary/aromatic N) is 2. The molecule has 3 rings (SSSR count). The molecule has 1 saturated heterocycles. The van der Waals surface area contributed by atoms with Crippen molar-refractivity contribution in [3.8, 4) is 0 Å². The van der Waals surface area contributed by atoms with Crippen LogP contribution in [-0.2, 0) is 20.8 Å². The van der Waals surface area contributed by atoms with Crippen LogP contribution in [0.15, 0.2) is 48.8 Å². The predicted octanol–water partition coefficient (Wildman–Crippen LogP) is 1.49. The topological polar surface area (TPSA) is 138 Å². The lowest BCUT2D eigenvalue weighted by atomic mass is 9.99. The van der Waals surface area contributed by atoms with Crippen molar-refractivity contribution in [2.24, 2.45) is 5.73 Å². The first kappa shape index (κ1) is 29.7. The van der Waals surface area contributed by atoms with Gasteiger partial charge in [0, 0.05) is 51.4 Å². The molecule has 1 fully saturated rings. The monoisotopic (exact) mass is 485 g/mol. The van der Waals surface area contributed by atoms with Crippen LogP contribution in [0, 0.1) is 6.92 Å². The van der Waals surface area contributed by atoms with Crippen molar-refractivity contribution in [2.75, 3.05) is 20.1 Å². The molecule has 0 aliphatic carbocycles. The highest BCUT2D eigenvalue weighted by Crippen LogP contribution is 2.20. The molecule has 9 nitrogen and oxygen atoms in total. The first-order valence-electron chi connectivity index (χ1n) is 11.9. The molecule has 1 aliphatic rings.